The number of piperidine rings is 1. The molecule has 0 radical (unpaired) electrons. The summed E-state index contributed by atoms with van der Waals surface area (Å²) >= 11 is 6.06. The third-order valence-electron chi connectivity index (χ3n) is 4.71. The lowest BCUT2D eigenvalue weighted by atomic mass is 9.91. The van der Waals surface area contributed by atoms with Crippen LogP contribution in [0.25, 0.3) is 0 Å². The lowest BCUT2D eigenvalue weighted by molar-refractivity contribution is -0.124. The third kappa shape index (κ3) is 3.36. The van der Waals surface area contributed by atoms with Crippen molar-refractivity contribution < 1.29 is 4.79 Å². The normalized spacial score (nSPS) is 26.6. The maximum absolute atomic E-state index is 12.7. The summed E-state index contributed by atoms with van der Waals surface area (Å²) < 4.78 is 0. The van der Waals surface area contributed by atoms with Crippen LogP contribution in [0.15, 0.2) is 24.3 Å². The summed E-state index contributed by atoms with van der Waals surface area (Å²) in [5, 5.41) is 7.30. The van der Waals surface area contributed by atoms with Gasteiger partial charge in [-0.15, -0.1) is 12.4 Å². The fourth-order valence-electron chi connectivity index (χ4n) is 3.05. The van der Waals surface area contributed by atoms with E-state index in [4.69, 9.17) is 11.6 Å². The lowest BCUT2D eigenvalue weighted by Crippen LogP contribution is -2.52. The molecule has 1 saturated heterocycles. The molecular weight excluding hydrogens is 307 g/mol. The molecule has 1 aromatic carbocycles. The van der Waals surface area contributed by atoms with Crippen molar-refractivity contribution in [2.75, 3.05) is 13.1 Å². The first-order chi connectivity index (χ1) is 9.62. The Labute approximate surface area is 137 Å². The van der Waals surface area contributed by atoms with Crippen LogP contribution in [0, 0.1) is 5.92 Å². The van der Waals surface area contributed by atoms with E-state index in [9.17, 15) is 4.79 Å². The molecule has 0 bridgehead atoms. The van der Waals surface area contributed by atoms with Crippen molar-refractivity contribution in [1.29, 1.82) is 0 Å². The first kappa shape index (κ1) is 16.6. The molecule has 2 atom stereocenters. The second-order valence-electron chi connectivity index (χ2n) is 6.14. The smallest absolute Gasteiger partial charge is 0.230 e. The molecule has 1 heterocycles. The molecule has 0 aromatic heterocycles. The van der Waals surface area contributed by atoms with Crippen LogP contribution in [0.2, 0.25) is 5.02 Å². The number of carbonyl (C=O) groups is 1. The first-order valence-corrected chi connectivity index (χ1v) is 7.77. The van der Waals surface area contributed by atoms with Gasteiger partial charge in [-0.3, -0.25) is 4.79 Å². The zero-order valence-electron chi connectivity index (χ0n) is 12.2. The van der Waals surface area contributed by atoms with E-state index >= 15 is 0 Å². The summed E-state index contributed by atoms with van der Waals surface area (Å²) in [6, 6.07) is 7.97. The predicted molar refractivity (Wildman–Crippen MR) is 88.2 cm³/mol. The molecule has 2 N–H and O–H groups in total. The van der Waals surface area contributed by atoms with Gasteiger partial charge in [0.25, 0.3) is 0 Å². The molecule has 1 aliphatic heterocycles. The maximum atomic E-state index is 12.7. The third-order valence-corrected chi connectivity index (χ3v) is 4.94. The second-order valence-corrected chi connectivity index (χ2v) is 6.58. The molecule has 21 heavy (non-hydrogen) atoms. The zero-order valence-corrected chi connectivity index (χ0v) is 13.8. The quantitative estimate of drug-likeness (QED) is 0.895. The highest BCUT2D eigenvalue weighted by atomic mass is 35.5. The van der Waals surface area contributed by atoms with Crippen molar-refractivity contribution in [3.8, 4) is 0 Å². The molecule has 2 fully saturated rings. The lowest BCUT2D eigenvalue weighted by Gasteiger charge is -2.31. The van der Waals surface area contributed by atoms with Gasteiger partial charge in [-0.2, -0.15) is 0 Å². The number of amides is 1. The van der Waals surface area contributed by atoms with E-state index in [1.807, 2.05) is 24.3 Å². The molecule has 2 unspecified atom stereocenters. The van der Waals surface area contributed by atoms with Crippen LogP contribution in [-0.4, -0.2) is 25.0 Å². The average Bonchev–Trinajstić information content (AvgIpc) is 3.23. The molecule has 3 rings (SSSR count). The molecule has 116 valence electrons. The Kier molecular flexibility index (Phi) is 5.18. The van der Waals surface area contributed by atoms with Crippen LogP contribution < -0.4 is 10.6 Å². The van der Waals surface area contributed by atoms with Gasteiger partial charge in [0.05, 0.1) is 5.41 Å². The van der Waals surface area contributed by atoms with Crippen molar-refractivity contribution in [3.05, 3.63) is 34.9 Å². The minimum Gasteiger partial charge on any atom is -0.351 e. The Balaban J connectivity index is 0.00000161. The Morgan fingerprint density at radius 2 is 2.19 bits per heavy atom. The molecule has 1 saturated carbocycles. The minimum atomic E-state index is -0.331. The van der Waals surface area contributed by atoms with Crippen molar-refractivity contribution in [2.24, 2.45) is 5.92 Å². The molecule has 2 aliphatic rings. The van der Waals surface area contributed by atoms with Gasteiger partial charge in [0.2, 0.25) is 5.91 Å². The van der Waals surface area contributed by atoms with Crippen LogP contribution in [0.1, 0.15) is 31.7 Å². The molecule has 5 heteroatoms. The highest BCUT2D eigenvalue weighted by molar-refractivity contribution is 6.30. The number of hydrogen-bond acceptors (Lipinski definition) is 2. The molecule has 0 spiro atoms. The Hall–Kier alpha value is -0.770. The summed E-state index contributed by atoms with van der Waals surface area (Å²) in [4.78, 5) is 12.7. The van der Waals surface area contributed by atoms with E-state index in [1.165, 1.54) is 0 Å². The van der Waals surface area contributed by atoms with E-state index < -0.39 is 0 Å². The number of nitrogens with one attached hydrogen (secondary N) is 2. The van der Waals surface area contributed by atoms with Crippen LogP contribution in [0.5, 0.6) is 0 Å². The largest absolute Gasteiger partial charge is 0.351 e. The predicted octanol–water partition coefficient (Wildman–Crippen LogP) is 2.91. The number of carbonyl (C=O) groups excluding carboxylic acids is 1. The second kappa shape index (κ2) is 6.55. The summed E-state index contributed by atoms with van der Waals surface area (Å²) in [5.74, 6) is 0.704. The Bertz CT molecular complexity index is 517. The molecular formula is C16H22Cl2N2O. The molecule has 1 aliphatic carbocycles. The number of rotatable bonds is 3. The van der Waals surface area contributed by atoms with E-state index in [2.05, 4.69) is 17.6 Å². The van der Waals surface area contributed by atoms with Gasteiger partial charge in [0, 0.05) is 17.6 Å². The zero-order chi connectivity index (χ0) is 14.2. The first-order valence-electron chi connectivity index (χ1n) is 7.39. The van der Waals surface area contributed by atoms with E-state index in [1.54, 1.807) is 0 Å². The van der Waals surface area contributed by atoms with Crippen LogP contribution in [-0.2, 0) is 10.2 Å². The summed E-state index contributed by atoms with van der Waals surface area (Å²) in [6.07, 6.45) is 2.97. The van der Waals surface area contributed by atoms with E-state index in [0.29, 0.717) is 10.9 Å². The van der Waals surface area contributed by atoms with Gasteiger partial charge in [-0.1, -0.05) is 30.7 Å². The van der Waals surface area contributed by atoms with Gasteiger partial charge < -0.3 is 10.6 Å². The standard InChI is InChI=1S/C16H21ClN2O.ClH/c1-11-5-8-18-10-14(11)19-15(20)16(6-7-16)12-3-2-4-13(17)9-12;/h2-4,9,11,14,18H,5-8,10H2,1H3,(H,19,20);1H. The van der Waals surface area contributed by atoms with Crippen LogP contribution in [0.3, 0.4) is 0 Å². The average molecular weight is 329 g/mol. The molecule has 1 amide bonds. The molecule has 3 nitrogen and oxygen atoms in total. The maximum Gasteiger partial charge on any atom is 0.230 e. The van der Waals surface area contributed by atoms with Gasteiger partial charge in [-0.05, 0) is 49.4 Å². The van der Waals surface area contributed by atoms with Crippen molar-refractivity contribution in [3.63, 3.8) is 0 Å². The van der Waals surface area contributed by atoms with Crippen molar-refractivity contribution in [1.82, 2.24) is 10.6 Å². The SMILES string of the molecule is CC1CCNCC1NC(=O)C1(c2cccc(Cl)c2)CC1.Cl. The van der Waals surface area contributed by atoms with E-state index in [0.717, 1.165) is 37.9 Å². The Morgan fingerprint density at radius 3 is 2.81 bits per heavy atom. The molecule has 1 aromatic rings. The van der Waals surface area contributed by atoms with Crippen LogP contribution >= 0.6 is 24.0 Å². The van der Waals surface area contributed by atoms with Crippen molar-refractivity contribution in [2.45, 2.75) is 37.6 Å². The highest BCUT2D eigenvalue weighted by Crippen LogP contribution is 2.49. The summed E-state index contributed by atoms with van der Waals surface area (Å²) in [5.41, 5.74) is 0.723. The van der Waals surface area contributed by atoms with Gasteiger partial charge in [0.1, 0.15) is 0 Å². The number of halogens is 2. The van der Waals surface area contributed by atoms with Gasteiger partial charge >= 0.3 is 0 Å². The summed E-state index contributed by atoms with van der Waals surface area (Å²) in [6.45, 7) is 4.14. The summed E-state index contributed by atoms with van der Waals surface area (Å²) in [7, 11) is 0. The number of hydrogen-bond donors (Lipinski definition) is 2. The highest BCUT2D eigenvalue weighted by Gasteiger charge is 2.51. The van der Waals surface area contributed by atoms with Gasteiger partial charge in [-0.25, -0.2) is 0 Å². The fourth-order valence-corrected chi connectivity index (χ4v) is 3.24. The topological polar surface area (TPSA) is 41.1 Å². The van der Waals surface area contributed by atoms with E-state index in [-0.39, 0.29) is 29.8 Å². The Morgan fingerprint density at radius 1 is 1.43 bits per heavy atom. The number of benzene rings is 1. The minimum absolute atomic E-state index is 0. The monoisotopic (exact) mass is 328 g/mol. The van der Waals surface area contributed by atoms with Crippen LogP contribution in [0.4, 0.5) is 0 Å². The van der Waals surface area contributed by atoms with Gasteiger partial charge in [0.15, 0.2) is 0 Å². The fraction of sp³-hybridized carbons (Fsp3) is 0.562. The van der Waals surface area contributed by atoms with Crippen molar-refractivity contribution >= 4 is 29.9 Å².